The minimum absolute atomic E-state index is 0.194. The molecule has 5 heteroatoms. The van der Waals surface area contributed by atoms with Gasteiger partial charge >= 0.3 is 0 Å². The van der Waals surface area contributed by atoms with E-state index in [1.165, 1.54) is 11.3 Å². The van der Waals surface area contributed by atoms with Gasteiger partial charge in [-0.2, -0.15) is 5.26 Å². The van der Waals surface area contributed by atoms with Crippen LogP contribution in [0.1, 0.15) is 10.6 Å². The summed E-state index contributed by atoms with van der Waals surface area (Å²) in [7, 11) is 0. The lowest BCUT2D eigenvalue weighted by molar-refractivity contribution is 0.475. The predicted molar refractivity (Wildman–Crippen MR) is 94.2 cm³/mol. The minimum atomic E-state index is 0.194. The standard InChI is InChI=1S/C18H11ClN2OS/c19-15-5-3-13(4-6-15)17-11-23-18(21-17)14(10-20)9-12-1-7-16(22)8-2-12/h1-9,11,22H. The molecule has 0 saturated carbocycles. The van der Waals surface area contributed by atoms with E-state index >= 15 is 0 Å². The summed E-state index contributed by atoms with van der Waals surface area (Å²) in [5.41, 5.74) is 3.09. The smallest absolute Gasteiger partial charge is 0.134 e. The second kappa shape index (κ2) is 6.66. The van der Waals surface area contributed by atoms with Gasteiger partial charge in [-0.1, -0.05) is 35.9 Å². The van der Waals surface area contributed by atoms with Crippen molar-refractivity contribution in [2.45, 2.75) is 0 Å². The van der Waals surface area contributed by atoms with E-state index in [9.17, 15) is 10.4 Å². The van der Waals surface area contributed by atoms with Gasteiger partial charge in [-0.05, 0) is 35.9 Å². The first-order valence-corrected chi connectivity index (χ1v) is 8.04. The van der Waals surface area contributed by atoms with Gasteiger partial charge in [0, 0.05) is 16.0 Å². The lowest BCUT2D eigenvalue weighted by atomic mass is 10.1. The Kier molecular flexibility index (Phi) is 4.42. The number of hydrogen-bond donors (Lipinski definition) is 1. The van der Waals surface area contributed by atoms with Crippen LogP contribution >= 0.6 is 22.9 Å². The molecule has 0 saturated heterocycles. The molecule has 0 spiro atoms. The molecule has 3 nitrogen and oxygen atoms in total. The van der Waals surface area contributed by atoms with Crippen LogP contribution < -0.4 is 0 Å². The average molecular weight is 339 g/mol. The summed E-state index contributed by atoms with van der Waals surface area (Å²) in [6.07, 6.45) is 1.75. The van der Waals surface area contributed by atoms with Crippen LogP contribution in [0.4, 0.5) is 0 Å². The van der Waals surface area contributed by atoms with Gasteiger partial charge in [-0.3, -0.25) is 0 Å². The molecule has 0 aliphatic rings. The van der Waals surface area contributed by atoms with Crippen LogP contribution in [0.5, 0.6) is 5.75 Å². The number of nitriles is 1. The van der Waals surface area contributed by atoms with Crippen molar-refractivity contribution in [3.05, 3.63) is 69.5 Å². The van der Waals surface area contributed by atoms with Gasteiger partial charge in [-0.25, -0.2) is 4.98 Å². The number of halogens is 1. The Labute approximate surface area is 142 Å². The maximum Gasteiger partial charge on any atom is 0.134 e. The molecule has 0 aliphatic heterocycles. The molecule has 1 N–H and O–H groups in total. The predicted octanol–water partition coefficient (Wildman–Crippen LogP) is 5.23. The SMILES string of the molecule is N#CC(=Cc1ccc(O)cc1)c1nc(-c2ccc(Cl)cc2)cs1. The van der Waals surface area contributed by atoms with Crippen LogP contribution in [0.15, 0.2) is 53.9 Å². The number of phenolic OH excluding ortho intramolecular Hbond substituents is 1. The van der Waals surface area contributed by atoms with E-state index in [4.69, 9.17) is 11.6 Å². The number of aromatic nitrogens is 1. The fraction of sp³-hybridized carbons (Fsp3) is 0. The van der Waals surface area contributed by atoms with Gasteiger partial charge in [-0.15, -0.1) is 11.3 Å². The fourth-order valence-electron chi connectivity index (χ4n) is 2.03. The highest BCUT2D eigenvalue weighted by Crippen LogP contribution is 2.28. The number of aromatic hydroxyl groups is 1. The number of benzene rings is 2. The Morgan fingerprint density at radius 3 is 2.48 bits per heavy atom. The zero-order chi connectivity index (χ0) is 16.2. The Balaban J connectivity index is 1.92. The summed E-state index contributed by atoms with van der Waals surface area (Å²) >= 11 is 7.31. The Morgan fingerprint density at radius 1 is 1.13 bits per heavy atom. The molecule has 0 bridgehead atoms. The second-order valence-electron chi connectivity index (χ2n) is 4.81. The lowest BCUT2D eigenvalue weighted by Gasteiger charge is -1.97. The third kappa shape index (κ3) is 3.59. The summed E-state index contributed by atoms with van der Waals surface area (Å²) in [5.74, 6) is 0.194. The zero-order valence-corrected chi connectivity index (χ0v) is 13.5. The summed E-state index contributed by atoms with van der Waals surface area (Å²) in [5, 5.41) is 22.0. The van der Waals surface area contributed by atoms with Crippen molar-refractivity contribution >= 4 is 34.6 Å². The van der Waals surface area contributed by atoms with Crippen LogP contribution in [-0.2, 0) is 0 Å². The van der Waals surface area contributed by atoms with Crippen LogP contribution in [0, 0.1) is 11.3 Å². The van der Waals surface area contributed by atoms with Gasteiger partial charge in [0.1, 0.15) is 16.8 Å². The van der Waals surface area contributed by atoms with Crippen LogP contribution in [0.25, 0.3) is 22.9 Å². The number of phenols is 1. The van der Waals surface area contributed by atoms with Crippen LogP contribution in [-0.4, -0.2) is 10.1 Å². The van der Waals surface area contributed by atoms with E-state index < -0.39 is 0 Å². The maximum atomic E-state index is 9.39. The van der Waals surface area contributed by atoms with Crippen molar-refractivity contribution in [2.24, 2.45) is 0 Å². The molecule has 0 atom stereocenters. The van der Waals surface area contributed by atoms with Crippen molar-refractivity contribution in [1.82, 2.24) is 4.98 Å². The molecular weight excluding hydrogens is 328 g/mol. The summed E-state index contributed by atoms with van der Waals surface area (Å²) in [6, 6.07) is 16.3. The molecule has 2 aromatic carbocycles. The van der Waals surface area contributed by atoms with Gasteiger partial charge < -0.3 is 5.11 Å². The van der Waals surface area contributed by atoms with E-state index in [0.717, 1.165) is 16.8 Å². The number of rotatable bonds is 3. The molecule has 0 unspecified atom stereocenters. The van der Waals surface area contributed by atoms with E-state index in [1.807, 2.05) is 29.6 Å². The largest absolute Gasteiger partial charge is 0.508 e. The Bertz CT molecular complexity index is 890. The monoisotopic (exact) mass is 338 g/mol. The average Bonchev–Trinajstić information content (AvgIpc) is 3.05. The zero-order valence-electron chi connectivity index (χ0n) is 11.9. The molecule has 1 aromatic heterocycles. The van der Waals surface area contributed by atoms with Gasteiger partial charge in [0.2, 0.25) is 0 Å². The number of nitrogens with zero attached hydrogens (tertiary/aromatic N) is 2. The normalized spacial score (nSPS) is 11.2. The second-order valence-corrected chi connectivity index (χ2v) is 6.10. The molecule has 112 valence electrons. The minimum Gasteiger partial charge on any atom is -0.508 e. The quantitative estimate of drug-likeness (QED) is 0.665. The fourth-order valence-corrected chi connectivity index (χ4v) is 2.95. The molecule has 0 aliphatic carbocycles. The highest BCUT2D eigenvalue weighted by molar-refractivity contribution is 7.11. The van der Waals surface area contributed by atoms with Crippen molar-refractivity contribution in [1.29, 1.82) is 5.26 Å². The maximum absolute atomic E-state index is 9.39. The molecule has 0 amide bonds. The van der Waals surface area contributed by atoms with Gasteiger partial charge in [0.25, 0.3) is 0 Å². The van der Waals surface area contributed by atoms with Crippen LogP contribution in [0.2, 0.25) is 5.02 Å². The van der Waals surface area contributed by atoms with Crippen LogP contribution in [0.3, 0.4) is 0 Å². The van der Waals surface area contributed by atoms with Gasteiger partial charge in [0.15, 0.2) is 0 Å². The first kappa shape index (κ1) is 15.3. The van der Waals surface area contributed by atoms with E-state index in [1.54, 1.807) is 30.3 Å². The first-order valence-electron chi connectivity index (χ1n) is 6.78. The van der Waals surface area contributed by atoms with Crippen molar-refractivity contribution in [3.63, 3.8) is 0 Å². The molecule has 3 rings (SSSR count). The van der Waals surface area contributed by atoms with E-state index in [0.29, 0.717) is 15.6 Å². The molecule has 3 aromatic rings. The lowest BCUT2D eigenvalue weighted by Crippen LogP contribution is -1.83. The molecule has 1 heterocycles. The van der Waals surface area contributed by atoms with Crippen molar-refractivity contribution in [3.8, 4) is 23.1 Å². The van der Waals surface area contributed by atoms with E-state index in [2.05, 4.69) is 11.1 Å². The third-order valence-electron chi connectivity index (χ3n) is 3.20. The van der Waals surface area contributed by atoms with Crippen molar-refractivity contribution in [2.75, 3.05) is 0 Å². The molecule has 23 heavy (non-hydrogen) atoms. The number of hydrogen-bond acceptors (Lipinski definition) is 4. The molecular formula is C18H11ClN2OS. The summed E-state index contributed by atoms with van der Waals surface area (Å²) in [4.78, 5) is 4.53. The third-order valence-corrected chi connectivity index (χ3v) is 4.33. The van der Waals surface area contributed by atoms with E-state index in [-0.39, 0.29) is 5.75 Å². The summed E-state index contributed by atoms with van der Waals surface area (Å²) < 4.78 is 0. The Hall–Kier alpha value is -2.61. The highest BCUT2D eigenvalue weighted by Gasteiger charge is 2.09. The highest BCUT2D eigenvalue weighted by atomic mass is 35.5. The topological polar surface area (TPSA) is 56.9 Å². The first-order chi connectivity index (χ1) is 11.2. The number of allylic oxidation sites excluding steroid dienone is 1. The van der Waals surface area contributed by atoms with Gasteiger partial charge in [0.05, 0.1) is 11.3 Å². The number of thiazole rings is 1. The van der Waals surface area contributed by atoms with Crippen molar-refractivity contribution < 1.29 is 5.11 Å². The molecule has 0 radical (unpaired) electrons. The molecule has 0 fully saturated rings. The summed E-state index contributed by atoms with van der Waals surface area (Å²) in [6.45, 7) is 0. The Morgan fingerprint density at radius 2 is 1.83 bits per heavy atom.